The fourth-order valence-corrected chi connectivity index (χ4v) is 3.08. The molecule has 102 valence electrons. The first-order chi connectivity index (χ1) is 9.54. The van der Waals surface area contributed by atoms with E-state index in [-0.39, 0.29) is 27.9 Å². The summed E-state index contributed by atoms with van der Waals surface area (Å²) < 4.78 is 1.89. The van der Waals surface area contributed by atoms with Gasteiger partial charge in [-0.05, 0) is 12.1 Å². The minimum atomic E-state index is -0.0976. The number of halogens is 2. The highest BCUT2D eigenvalue weighted by Crippen LogP contribution is 2.29. The molecule has 0 aliphatic rings. The zero-order chi connectivity index (χ0) is 14.3. The van der Waals surface area contributed by atoms with Crippen LogP contribution in [-0.4, -0.2) is 15.2 Å². The van der Waals surface area contributed by atoms with Gasteiger partial charge in [0.2, 0.25) is 0 Å². The van der Waals surface area contributed by atoms with Crippen molar-refractivity contribution in [2.24, 2.45) is 0 Å². The second kappa shape index (κ2) is 5.09. The van der Waals surface area contributed by atoms with Gasteiger partial charge in [0.25, 0.3) is 0 Å². The Bertz CT molecular complexity index is 757. The van der Waals surface area contributed by atoms with Crippen molar-refractivity contribution in [2.75, 3.05) is 5.73 Å². The third-order valence-electron chi connectivity index (χ3n) is 2.89. The van der Waals surface area contributed by atoms with Gasteiger partial charge in [0.1, 0.15) is 0 Å². The molecule has 0 saturated carbocycles. The molecule has 0 bridgehead atoms. The molecule has 0 radical (unpaired) electrons. The molecule has 0 aliphatic carbocycles. The second-order valence-corrected chi connectivity index (χ2v) is 5.97. The van der Waals surface area contributed by atoms with Gasteiger partial charge in [0.05, 0.1) is 27.8 Å². The Morgan fingerprint density at radius 1 is 1.35 bits per heavy atom. The van der Waals surface area contributed by atoms with Crippen molar-refractivity contribution in [3.05, 3.63) is 51.2 Å². The van der Waals surface area contributed by atoms with Crippen molar-refractivity contribution in [3.63, 3.8) is 0 Å². The summed E-state index contributed by atoms with van der Waals surface area (Å²) in [5.74, 6) is -0.0976. The molecule has 2 aromatic heterocycles. The summed E-state index contributed by atoms with van der Waals surface area (Å²) in [4.78, 5) is 17.5. The summed E-state index contributed by atoms with van der Waals surface area (Å²) in [5, 5.41) is 2.51. The molecule has 0 unspecified atom stereocenters. The lowest BCUT2D eigenvalue weighted by molar-refractivity contribution is 0.0992. The van der Waals surface area contributed by atoms with E-state index in [1.54, 1.807) is 0 Å². The van der Waals surface area contributed by atoms with Gasteiger partial charge in [0.15, 0.2) is 10.7 Å². The number of nitrogens with zero attached hydrogens (tertiary/aromatic N) is 2. The minimum absolute atomic E-state index is 0.0976. The highest BCUT2D eigenvalue weighted by Gasteiger charge is 2.14. The zero-order valence-electron chi connectivity index (χ0n) is 10.1. The molecule has 4 nitrogen and oxygen atoms in total. The van der Waals surface area contributed by atoms with E-state index in [0.29, 0.717) is 11.3 Å². The first kappa shape index (κ1) is 13.4. The summed E-state index contributed by atoms with van der Waals surface area (Å²) in [6.07, 6.45) is 3.94. The van der Waals surface area contributed by atoms with Gasteiger partial charge >= 0.3 is 0 Å². The molecule has 0 atom stereocenters. The Morgan fingerprint density at radius 3 is 2.70 bits per heavy atom. The van der Waals surface area contributed by atoms with Crippen molar-refractivity contribution in [3.8, 4) is 0 Å². The second-order valence-electron chi connectivity index (χ2n) is 4.28. The number of nitrogens with two attached hydrogens (primary N) is 1. The van der Waals surface area contributed by atoms with E-state index < -0.39 is 0 Å². The maximum absolute atomic E-state index is 12.2. The number of benzene rings is 1. The molecular formula is C13H9Cl2N3OS. The van der Waals surface area contributed by atoms with E-state index in [1.807, 2.05) is 22.2 Å². The first-order valence-corrected chi connectivity index (χ1v) is 7.37. The van der Waals surface area contributed by atoms with Crippen molar-refractivity contribution in [1.29, 1.82) is 0 Å². The zero-order valence-corrected chi connectivity index (χ0v) is 12.5. The van der Waals surface area contributed by atoms with E-state index in [1.165, 1.54) is 23.5 Å². The number of hydrogen-bond acceptors (Lipinski definition) is 4. The smallest absolute Gasteiger partial charge is 0.193 e. The normalized spacial score (nSPS) is 11.1. The SMILES string of the molecule is Nc1c(Cl)cc(C(=O)Cc2cn3ccsc3n2)cc1Cl. The maximum Gasteiger partial charge on any atom is 0.193 e. The Hall–Kier alpha value is -1.56. The number of ketones is 1. The standard InChI is InChI=1S/C13H9Cl2N3OS/c14-9-3-7(4-10(15)12(9)16)11(19)5-8-6-18-1-2-20-13(18)17-8/h1-4,6H,5,16H2. The maximum atomic E-state index is 12.2. The number of nitrogen functional groups attached to an aromatic ring is 1. The number of Topliss-reactive ketones (excluding diaryl/α,β-unsaturated/α-hetero) is 1. The number of thiazole rings is 1. The fourth-order valence-electron chi connectivity index (χ4n) is 1.87. The topological polar surface area (TPSA) is 60.4 Å². The number of fused-ring (bicyclic) bond motifs is 1. The Balaban J connectivity index is 1.87. The largest absolute Gasteiger partial charge is 0.396 e. The van der Waals surface area contributed by atoms with Crippen LogP contribution < -0.4 is 5.73 Å². The molecule has 7 heteroatoms. The Kier molecular flexibility index (Phi) is 3.41. The van der Waals surface area contributed by atoms with E-state index in [0.717, 1.165) is 4.96 Å². The molecule has 0 spiro atoms. The molecule has 3 rings (SSSR count). The molecule has 20 heavy (non-hydrogen) atoms. The first-order valence-electron chi connectivity index (χ1n) is 5.73. The molecule has 0 saturated heterocycles. The quantitative estimate of drug-likeness (QED) is 0.589. The van der Waals surface area contributed by atoms with Crippen LogP contribution in [0.2, 0.25) is 10.0 Å². The van der Waals surface area contributed by atoms with E-state index in [2.05, 4.69) is 4.98 Å². The number of rotatable bonds is 3. The fraction of sp³-hybridized carbons (Fsp3) is 0.0769. The van der Waals surface area contributed by atoms with Crippen molar-refractivity contribution in [2.45, 2.75) is 6.42 Å². The molecule has 2 heterocycles. The minimum Gasteiger partial charge on any atom is -0.396 e. The monoisotopic (exact) mass is 325 g/mol. The van der Waals surface area contributed by atoms with E-state index >= 15 is 0 Å². The van der Waals surface area contributed by atoms with Crippen LogP contribution in [0.25, 0.3) is 4.96 Å². The highest BCUT2D eigenvalue weighted by molar-refractivity contribution is 7.15. The molecule has 3 aromatic rings. The van der Waals surface area contributed by atoms with Gasteiger partial charge < -0.3 is 5.73 Å². The number of anilines is 1. The van der Waals surface area contributed by atoms with Crippen LogP contribution in [0.5, 0.6) is 0 Å². The number of carbonyl (C=O) groups excluding carboxylic acids is 1. The number of imidazole rings is 1. The van der Waals surface area contributed by atoms with Crippen LogP contribution in [0.1, 0.15) is 16.1 Å². The lowest BCUT2D eigenvalue weighted by atomic mass is 10.1. The third kappa shape index (κ3) is 2.40. The van der Waals surface area contributed by atoms with Gasteiger partial charge in [0, 0.05) is 23.3 Å². The van der Waals surface area contributed by atoms with Gasteiger partial charge in [-0.15, -0.1) is 11.3 Å². The lowest BCUT2D eigenvalue weighted by Gasteiger charge is -2.05. The molecule has 0 fully saturated rings. The Morgan fingerprint density at radius 2 is 2.05 bits per heavy atom. The lowest BCUT2D eigenvalue weighted by Crippen LogP contribution is -2.05. The summed E-state index contributed by atoms with van der Waals surface area (Å²) >= 11 is 13.4. The molecule has 0 amide bonds. The summed E-state index contributed by atoms with van der Waals surface area (Å²) in [5.41, 5.74) is 7.09. The predicted octanol–water partition coefficient (Wildman–Crippen LogP) is 3.71. The number of carbonyl (C=O) groups is 1. The van der Waals surface area contributed by atoms with Crippen LogP contribution in [0.4, 0.5) is 5.69 Å². The summed E-state index contributed by atoms with van der Waals surface area (Å²) in [7, 11) is 0. The van der Waals surface area contributed by atoms with Gasteiger partial charge in [-0.1, -0.05) is 23.2 Å². The summed E-state index contributed by atoms with van der Waals surface area (Å²) in [6.45, 7) is 0. The van der Waals surface area contributed by atoms with Crippen LogP contribution in [0, 0.1) is 0 Å². The average Bonchev–Trinajstić information content (AvgIpc) is 2.96. The van der Waals surface area contributed by atoms with Crippen LogP contribution in [-0.2, 0) is 6.42 Å². The third-order valence-corrected chi connectivity index (χ3v) is 4.28. The molecule has 0 aliphatic heterocycles. The highest BCUT2D eigenvalue weighted by atomic mass is 35.5. The van der Waals surface area contributed by atoms with Gasteiger partial charge in [-0.3, -0.25) is 9.20 Å². The van der Waals surface area contributed by atoms with Gasteiger partial charge in [-0.2, -0.15) is 0 Å². The van der Waals surface area contributed by atoms with E-state index in [4.69, 9.17) is 28.9 Å². The molecule has 2 N–H and O–H groups in total. The van der Waals surface area contributed by atoms with Crippen molar-refractivity contribution < 1.29 is 4.79 Å². The number of hydrogen-bond donors (Lipinski definition) is 1. The van der Waals surface area contributed by atoms with Crippen molar-refractivity contribution >= 4 is 51.0 Å². The van der Waals surface area contributed by atoms with Crippen molar-refractivity contribution in [1.82, 2.24) is 9.38 Å². The van der Waals surface area contributed by atoms with Crippen LogP contribution in [0.3, 0.4) is 0 Å². The van der Waals surface area contributed by atoms with E-state index in [9.17, 15) is 4.79 Å². The summed E-state index contributed by atoms with van der Waals surface area (Å²) in [6, 6.07) is 3.06. The van der Waals surface area contributed by atoms with Gasteiger partial charge in [-0.25, -0.2) is 4.98 Å². The predicted molar refractivity (Wildman–Crippen MR) is 82.0 cm³/mol. The molecular weight excluding hydrogens is 317 g/mol. The molecule has 1 aromatic carbocycles. The number of aromatic nitrogens is 2. The Labute approximate surface area is 128 Å². The van der Waals surface area contributed by atoms with Crippen LogP contribution in [0.15, 0.2) is 29.9 Å². The average molecular weight is 326 g/mol. The van der Waals surface area contributed by atoms with Crippen LogP contribution >= 0.6 is 34.5 Å².